The van der Waals surface area contributed by atoms with Crippen LogP contribution in [0.25, 0.3) is 0 Å². The van der Waals surface area contributed by atoms with Crippen molar-refractivity contribution in [2.75, 3.05) is 20.2 Å². The minimum absolute atomic E-state index is 0.431. The van der Waals surface area contributed by atoms with Crippen LogP contribution in [0.2, 0.25) is 0 Å². The van der Waals surface area contributed by atoms with Gasteiger partial charge in [-0.2, -0.15) is 0 Å². The number of rotatable bonds is 1. The van der Waals surface area contributed by atoms with Crippen molar-refractivity contribution in [3.05, 3.63) is 0 Å². The summed E-state index contributed by atoms with van der Waals surface area (Å²) in [5.41, 5.74) is 0. The summed E-state index contributed by atoms with van der Waals surface area (Å²) < 4.78 is 5.02. The molecule has 0 aromatic carbocycles. The first kappa shape index (κ1) is 5.06. The monoisotopic (exact) mass is 100 g/mol. The summed E-state index contributed by atoms with van der Waals surface area (Å²) in [7, 11) is 1.74. The van der Waals surface area contributed by atoms with Crippen LogP contribution in [0.3, 0.4) is 0 Å². The quantitative estimate of drug-likeness (QED) is 0.455. The Hall–Kier alpha value is -0.0800. The summed E-state index contributed by atoms with van der Waals surface area (Å²) in [5.74, 6) is 0. The van der Waals surface area contributed by atoms with Crippen molar-refractivity contribution in [3.63, 3.8) is 0 Å². The van der Waals surface area contributed by atoms with E-state index in [0.717, 1.165) is 19.5 Å². The molecule has 0 bridgehead atoms. The molecule has 0 aromatic heterocycles. The molecule has 1 rings (SSSR count). The molecular formula is C5H10NO. The van der Waals surface area contributed by atoms with Crippen LogP contribution in [0.15, 0.2) is 0 Å². The van der Waals surface area contributed by atoms with E-state index < -0.39 is 0 Å². The summed E-state index contributed by atoms with van der Waals surface area (Å²) in [6, 6.07) is 0. The smallest absolute Gasteiger partial charge is 0.0725 e. The Labute approximate surface area is 43.9 Å². The first-order valence-corrected chi connectivity index (χ1v) is 2.59. The van der Waals surface area contributed by atoms with Gasteiger partial charge in [-0.25, -0.2) is 5.32 Å². The molecular weight excluding hydrogens is 90.1 g/mol. The molecule has 1 aliphatic rings. The molecule has 0 saturated carbocycles. The highest BCUT2D eigenvalue weighted by atomic mass is 16.5. The lowest BCUT2D eigenvalue weighted by atomic mass is 10.3. The van der Waals surface area contributed by atoms with Gasteiger partial charge in [0.1, 0.15) is 0 Å². The van der Waals surface area contributed by atoms with Crippen LogP contribution in [0.4, 0.5) is 0 Å². The Morgan fingerprint density at radius 1 is 1.71 bits per heavy atom. The van der Waals surface area contributed by atoms with Crippen molar-refractivity contribution in [1.29, 1.82) is 0 Å². The highest BCUT2D eigenvalue weighted by Gasteiger charge is 2.12. The van der Waals surface area contributed by atoms with Crippen molar-refractivity contribution >= 4 is 0 Å². The number of methoxy groups -OCH3 is 1. The van der Waals surface area contributed by atoms with Crippen LogP contribution in [-0.2, 0) is 4.74 Å². The van der Waals surface area contributed by atoms with E-state index in [1.165, 1.54) is 0 Å². The second kappa shape index (κ2) is 2.28. The highest BCUT2D eigenvalue weighted by Crippen LogP contribution is 2.00. The van der Waals surface area contributed by atoms with Gasteiger partial charge in [0.05, 0.1) is 6.10 Å². The number of ether oxygens (including phenoxy) is 1. The van der Waals surface area contributed by atoms with E-state index in [4.69, 9.17) is 4.74 Å². The summed E-state index contributed by atoms with van der Waals surface area (Å²) in [6.45, 7) is 1.91. The summed E-state index contributed by atoms with van der Waals surface area (Å²) in [5, 5.41) is 4.11. The number of nitrogens with zero attached hydrogens (tertiary/aromatic N) is 1. The molecule has 1 aliphatic heterocycles. The molecule has 1 heterocycles. The predicted octanol–water partition coefficient (Wildman–Crippen LogP) is 0.00950. The molecule has 1 saturated heterocycles. The first-order chi connectivity index (χ1) is 3.43. The Bertz CT molecular complexity index is 50.0. The third-order valence-electron chi connectivity index (χ3n) is 1.28. The Morgan fingerprint density at radius 2 is 2.57 bits per heavy atom. The van der Waals surface area contributed by atoms with E-state index in [1.807, 2.05) is 0 Å². The molecule has 0 amide bonds. The minimum Gasteiger partial charge on any atom is -0.380 e. The third-order valence-corrected chi connectivity index (χ3v) is 1.28. The lowest BCUT2D eigenvalue weighted by molar-refractivity contribution is 0.119. The maximum atomic E-state index is 5.02. The molecule has 0 aliphatic carbocycles. The maximum Gasteiger partial charge on any atom is 0.0725 e. The van der Waals surface area contributed by atoms with Gasteiger partial charge in [0.15, 0.2) is 0 Å². The van der Waals surface area contributed by atoms with Crippen molar-refractivity contribution in [1.82, 2.24) is 5.32 Å². The van der Waals surface area contributed by atoms with Crippen LogP contribution >= 0.6 is 0 Å². The SMILES string of the molecule is CO[C@H]1CC[N]C1. The fourth-order valence-corrected chi connectivity index (χ4v) is 0.754. The largest absolute Gasteiger partial charge is 0.380 e. The van der Waals surface area contributed by atoms with Gasteiger partial charge in [0.2, 0.25) is 0 Å². The van der Waals surface area contributed by atoms with Crippen molar-refractivity contribution in [2.24, 2.45) is 0 Å². The van der Waals surface area contributed by atoms with E-state index in [9.17, 15) is 0 Å². The number of hydrogen-bond donors (Lipinski definition) is 0. The van der Waals surface area contributed by atoms with Crippen molar-refractivity contribution in [3.8, 4) is 0 Å². The van der Waals surface area contributed by atoms with E-state index >= 15 is 0 Å². The van der Waals surface area contributed by atoms with Gasteiger partial charge in [-0.15, -0.1) is 0 Å². The van der Waals surface area contributed by atoms with Crippen LogP contribution in [0, 0.1) is 0 Å². The average Bonchev–Trinajstić information content (AvgIpc) is 2.14. The van der Waals surface area contributed by atoms with Gasteiger partial charge in [-0.05, 0) is 6.42 Å². The van der Waals surface area contributed by atoms with E-state index in [-0.39, 0.29) is 0 Å². The second-order valence-corrected chi connectivity index (χ2v) is 1.78. The highest BCUT2D eigenvalue weighted by molar-refractivity contribution is 4.69. The fraction of sp³-hybridized carbons (Fsp3) is 1.00. The zero-order chi connectivity index (χ0) is 5.11. The lowest BCUT2D eigenvalue weighted by Crippen LogP contribution is -2.10. The molecule has 1 atom stereocenters. The first-order valence-electron chi connectivity index (χ1n) is 2.59. The Balaban J connectivity index is 2.14. The van der Waals surface area contributed by atoms with Crippen LogP contribution in [0.1, 0.15) is 6.42 Å². The van der Waals surface area contributed by atoms with Crippen LogP contribution in [0.5, 0.6) is 0 Å². The molecule has 0 aromatic rings. The summed E-state index contributed by atoms with van der Waals surface area (Å²) in [6.07, 6.45) is 1.55. The molecule has 0 spiro atoms. The maximum absolute atomic E-state index is 5.02. The molecule has 0 unspecified atom stereocenters. The zero-order valence-electron chi connectivity index (χ0n) is 4.55. The summed E-state index contributed by atoms with van der Waals surface area (Å²) in [4.78, 5) is 0. The van der Waals surface area contributed by atoms with Gasteiger partial charge >= 0.3 is 0 Å². The Kier molecular flexibility index (Phi) is 1.65. The van der Waals surface area contributed by atoms with E-state index in [2.05, 4.69) is 5.32 Å². The average molecular weight is 100 g/mol. The molecule has 2 heteroatoms. The molecule has 41 valence electrons. The van der Waals surface area contributed by atoms with Gasteiger partial charge < -0.3 is 4.74 Å². The topological polar surface area (TPSA) is 23.3 Å². The molecule has 0 N–H and O–H groups in total. The third kappa shape index (κ3) is 1.14. The zero-order valence-corrected chi connectivity index (χ0v) is 4.55. The standard InChI is InChI=1S/C5H10NO/c1-7-5-2-3-6-4-5/h5H,2-4H2,1H3/t5-/m0/s1. The fourth-order valence-electron chi connectivity index (χ4n) is 0.754. The van der Waals surface area contributed by atoms with Crippen molar-refractivity contribution < 1.29 is 4.74 Å². The van der Waals surface area contributed by atoms with Crippen LogP contribution < -0.4 is 5.32 Å². The molecule has 7 heavy (non-hydrogen) atoms. The predicted molar refractivity (Wildman–Crippen MR) is 27.3 cm³/mol. The van der Waals surface area contributed by atoms with Gasteiger partial charge in [-0.1, -0.05) is 0 Å². The van der Waals surface area contributed by atoms with E-state index in [1.54, 1.807) is 7.11 Å². The van der Waals surface area contributed by atoms with Crippen molar-refractivity contribution in [2.45, 2.75) is 12.5 Å². The van der Waals surface area contributed by atoms with Gasteiger partial charge in [0, 0.05) is 20.2 Å². The van der Waals surface area contributed by atoms with Gasteiger partial charge in [0.25, 0.3) is 0 Å². The number of hydrogen-bond acceptors (Lipinski definition) is 1. The van der Waals surface area contributed by atoms with Crippen LogP contribution in [-0.4, -0.2) is 26.3 Å². The molecule has 2 nitrogen and oxygen atoms in total. The normalized spacial score (nSPS) is 31.3. The minimum atomic E-state index is 0.431. The molecule has 1 fully saturated rings. The van der Waals surface area contributed by atoms with E-state index in [0.29, 0.717) is 6.10 Å². The summed E-state index contributed by atoms with van der Waals surface area (Å²) >= 11 is 0. The lowest BCUT2D eigenvalue weighted by Gasteiger charge is -2.00. The Morgan fingerprint density at radius 3 is 2.86 bits per heavy atom. The molecule has 1 radical (unpaired) electrons. The second-order valence-electron chi connectivity index (χ2n) is 1.78. The van der Waals surface area contributed by atoms with Gasteiger partial charge in [-0.3, -0.25) is 0 Å².